The Bertz CT molecular complexity index is 1180. The van der Waals surface area contributed by atoms with Crippen LogP contribution >= 0.6 is 0 Å². The van der Waals surface area contributed by atoms with Crippen molar-refractivity contribution in [2.24, 2.45) is 0 Å². The minimum atomic E-state index is -1.84. The highest BCUT2D eigenvalue weighted by Crippen LogP contribution is 2.53. The third-order valence-corrected chi connectivity index (χ3v) is 5.28. The zero-order valence-corrected chi connectivity index (χ0v) is 15.8. The summed E-state index contributed by atoms with van der Waals surface area (Å²) in [6, 6.07) is 12.8. The summed E-state index contributed by atoms with van der Waals surface area (Å²) in [5.74, 6) is -2.16. The molecule has 0 bridgehead atoms. The van der Waals surface area contributed by atoms with Crippen LogP contribution in [-0.4, -0.2) is 26.2 Å². The fourth-order valence-electron chi connectivity index (χ4n) is 3.97. The van der Waals surface area contributed by atoms with Crippen molar-refractivity contribution < 1.29 is 29.8 Å². The highest BCUT2D eigenvalue weighted by atomic mass is 16.6. The standard InChI is InChI=1S/C22H17NO7/c1-2-12-7-8-13(9-17(12)23(28)29)22(20-18(25)10-14(24)11-19(20)26)16-6-4-3-5-15(16)21(27)30-22/h3-11,24-26H,2H2,1H3. The summed E-state index contributed by atoms with van der Waals surface area (Å²) in [5.41, 5.74) is -1.04. The largest absolute Gasteiger partial charge is 0.508 e. The number of nitro groups is 1. The lowest BCUT2D eigenvalue weighted by Gasteiger charge is -2.31. The molecular formula is C22H17NO7. The van der Waals surface area contributed by atoms with Crippen LogP contribution in [0.3, 0.4) is 0 Å². The molecule has 3 aromatic carbocycles. The van der Waals surface area contributed by atoms with Crippen LogP contribution in [0.2, 0.25) is 0 Å². The van der Waals surface area contributed by atoms with Crippen molar-refractivity contribution in [3.63, 3.8) is 0 Å². The van der Waals surface area contributed by atoms with Crippen LogP contribution in [0.25, 0.3) is 0 Å². The molecule has 8 heteroatoms. The van der Waals surface area contributed by atoms with Crippen molar-refractivity contribution >= 4 is 11.7 Å². The lowest BCUT2D eigenvalue weighted by atomic mass is 9.78. The summed E-state index contributed by atoms with van der Waals surface area (Å²) in [4.78, 5) is 23.8. The lowest BCUT2D eigenvalue weighted by Crippen LogP contribution is -2.30. The summed E-state index contributed by atoms with van der Waals surface area (Å²) in [7, 11) is 0. The van der Waals surface area contributed by atoms with E-state index < -0.39 is 33.7 Å². The number of nitro benzene ring substituents is 1. The number of nitrogens with zero attached hydrogens (tertiary/aromatic N) is 1. The molecule has 1 heterocycles. The Hall–Kier alpha value is -4.07. The zero-order chi connectivity index (χ0) is 21.6. The number of fused-ring (bicyclic) bond motifs is 1. The van der Waals surface area contributed by atoms with Gasteiger partial charge in [0.15, 0.2) is 5.60 Å². The first kappa shape index (κ1) is 19.3. The minimum absolute atomic E-state index is 0.174. The van der Waals surface area contributed by atoms with Gasteiger partial charge in [-0.05, 0) is 12.5 Å². The van der Waals surface area contributed by atoms with Crippen molar-refractivity contribution in [2.45, 2.75) is 18.9 Å². The van der Waals surface area contributed by atoms with Gasteiger partial charge in [0.1, 0.15) is 17.2 Å². The highest BCUT2D eigenvalue weighted by molar-refractivity contribution is 5.96. The Labute approximate surface area is 170 Å². The van der Waals surface area contributed by atoms with Gasteiger partial charge in [0.05, 0.1) is 16.1 Å². The van der Waals surface area contributed by atoms with Gasteiger partial charge in [0, 0.05) is 34.9 Å². The van der Waals surface area contributed by atoms with Crippen LogP contribution < -0.4 is 0 Å². The number of hydrogen-bond acceptors (Lipinski definition) is 7. The maximum absolute atomic E-state index is 12.7. The maximum atomic E-state index is 12.7. The number of ether oxygens (including phenoxy) is 1. The average Bonchev–Trinajstić information content (AvgIpc) is 3.00. The molecule has 0 saturated heterocycles. The van der Waals surface area contributed by atoms with Crippen LogP contribution in [-0.2, 0) is 16.8 Å². The van der Waals surface area contributed by atoms with Gasteiger partial charge in [-0.25, -0.2) is 4.79 Å². The minimum Gasteiger partial charge on any atom is -0.508 e. The fourth-order valence-corrected chi connectivity index (χ4v) is 3.97. The molecule has 0 amide bonds. The van der Waals surface area contributed by atoms with E-state index in [4.69, 9.17) is 4.74 Å². The van der Waals surface area contributed by atoms with Crippen LogP contribution in [0.5, 0.6) is 17.2 Å². The Morgan fingerprint density at radius 1 is 1.03 bits per heavy atom. The number of esters is 1. The van der Waals surface area contributed by atoms with Gasteiger partial charge >= 0.3 is 5.97 Å². The first-order valence-electron chi connectivity index (χ1n) is 9.15. The number of rotatable bonds is 4. The second kappa shape index (κ2) is 6.77. The van der Waals surface area contributed by atoms with Crippen molar-refractivity contribution in [1.29, 1.82) is 0 Å². The van der Waals surface area contributed by atoms with Gasteiger partial charge < -0.3 is 20.1 Å². The maximum Gasteiger partial charge on any atom is 0.340 e. The fraction of sp³-hybridized carbons (Fsp3) is 0.136. The molecule has 3 N–H and O–H groups in total. The van der Waals surface area contributed by atoms with E-state index in [2.05, 4.69) is 0 Å². The number of aryl methyl sites for hydroxylation is 1. The third-order valence-electron chi connectivity index (χ3n) is 5.28. The molecule has 152 valence electrons. The quantitative estimate of drug-likeness (QED) is 0.341. The van der Waals surface area contributed by atoms with E-state index in [0.717, 1.165) is 12.1 Å². The van der Waals surface area contributed by atoms with E-state index in [9.17, 15) is 30.2 Å². The van der Waals surface area contributed by atoms with Gasteiger partial charge in [0.25, 0.3) is 5.69 Å². The number of cyclic esters (lactones) is 1. The summed E-state index contributed by atoms with van der Waals surface area (Å²) in [5, 5.41) is 42.6. The summed E-state index contributed by atoms with van der Waals surface area (Å²) in [6.45, 7) is 1.78. The van der Waals surface area contributed by atoms with E-state index in [-0.39, 0.29) is 22.4 Å². The van der Waals surface area contributed by atoms with Gasteiger partial charge in [-0.15, -0.1) is 0 Å². The number of hydrogen-bond donors (Lipinski definition) is 3. The van der Waals surface area contributed by atoms with Crippen LogP contribution in [0, 0.1) is 10.1 Å². The molecule has 0 radical (unpaired) electrons. The van der Waals surface area contributed by atoms with Crippen molar-refractivity contribution in [2.75, 3.05) is 0 Å². The molecule has 0 saturated carbocycles. The Morgan fingerprint density at radius 2 is 1.70 bits per heavy atom. The number of carbonyl (C=O) groups is 1. The van der Waals surface area contributed by atoms with Crippen LogP contribution in [0.1, 0.15) is 39.5 Å². The summed E-state index contributed by atoms with van der Waals surface area (Å²) < 4.78 is 5.74. The van der Waals surface area contributed by atoms with E-state index in [1.165, 1.54) is 12.1 Å². The highest BCUT2D eigenvalue weighted by Gasteiger charge is 2.52. The lowest BCUT2D eigenvalue weighted by molar-refractivity contribution is -0.385. The monoisotopic (exact) mass is 407 g/mol. The molecule has 3 aromatic rings. The predicted octanol–water partition coefficient (Wildman–Crippen LogP) is 3.74. The summed E-state index contributed by atoms with van der Waals surface area (Å²) in [6.07, 6.45) is 0.412. The summed E-state index contributed by atoms with van der Waals surface area (Å²) >= 11 is 0. The molecule has 1 aliphatic heterocycles. The van der Waals surface area contributed by atoms with Gasteiger partial charge in [-0.1, -0.05) is 37.3 Å². The molecule has 1 atom stereocenters. The van der Waals surface area contributed by atoms with E-state index >= 15 is 0 Å². The number of carbonyl (C=O) groups excluding carboxylic acids is 1. The Balaban J connectivity index is 2.12. The Kier molecular flexibility index (Phi) is 4.34. The van der Waals surface area contributed by atoms with E-state index in [0.29, 0.717) is 17.5 Å². The van der Waals surface area contributed by atoms with E-state index in [1.807, 2.05) is 0 Å². The van der Waals surface area contributed by atoms with Crippen molar-refractivity contribution in [1.82, 2.24) is 0 Å². The second-order valence-corrected chi connectivity index (χ2v) is 6.93. The number of phenolic OH excluding ortho intramolecular Hbond substituents is 3. The third kappa shape index (κ3) is 2.65. The van der Waals surface area contributed by atoms with Crippen LogP contribution in [0.15, 0.2) is 54.6 Å². The van der Waals surface area contributed by atoms with Crippen molar-refractivity contribution in [3.05, 3.63) is 92.5 Å². The molecule has 0 aliphatic carbocycles. The SMILES string of the molecule is CCc1ccc(C2(c3c(O)cc(O)cc3O)OC(=O)c3ccccc32)cc1[N+](=O)[O-]. The molecule has 0 spiro atoms. The first-order chi connectivity index (χ1) is 14.3. The first-order valence-corrected chi connectivity index (χ1v) is 9.15. The van der Waals surface area contributed by atoms with E-state index in [1.54, 1.807) is 37.3 Å². The van der Waals surface area contributed by atoms with Gasteiger partial charge in [0.2, 0.25) is 0 Å². The molecule has 1 unspecified atom stereocenters. The average molecular weight is 407 g/mol. The molecule has 0 fully saturated rings. The van der Waals surface area contributed by atoms with Gasteiger partial charge in [-0.2, -0.15) is 0 Å². The number of aromatic hydroxyl groups is 3. The topological polar surface area (TPSA) is 130 Å². The predicted molar refractivity (Wildman–Crippen MR) is 106 cm³/mol. The second-order valence-electron chi connectivity index (χ2n) is 6.93. The Morgan fingerprint density at radius 3 is 2.33 bits per heavy atom. The van der Waals surface area contributed by atoms with Crippen molar-refractivity contribution in [3.8, 4) is 17.2 Å². The number of phenols is 3. The molecule has 30 heavy (non-hydrogen) atoms. The zero-order valence-electron chi connectivity index (χ0n) is 15.8. The van der Waals surface area contributed by atoms with Gasteiger partial charge in [-0.3, -0.25) is 10.1 Å². The normalized spacial score (nSPS) is 17.4. The molecule has 1 aliphatic rings. The molecule has 4 rings (SSSR count). The number of benzene rings is 3. The smallest absolute Gasteiger partial charge is 0.340 e. The molecule has 0 aromatic heterocycles. The molecule has 8 nitrogen and oxygen atoms in total. The molecular weight excluding hydrogens is 390 g/mol. The van der Waals surface area contributed by atoms with Crippen LogP contribution in [0.4, 0.5) is 5.69 Å².